The quantitative estimate of drug-likeness (QED) is 0.759. The minimum atomic E-state index is -1.03. The molecule has 0 aromatic carbocycles. The molecule has 0 unspecified atom stereocenters. The van der Waals surface area contributed by atoms with Gasteiger partial charge in [0.25, 0.3) is 0 Å². The minimum Gasteiger partial charge on any atom is -0.478 e. The summed E-state index contributed by atoms with van der Waals surface area (Å²) >= 11 is 0. The lowest BCUT2D eigenvalue weighted by Crippen LogP contribution is -2.41. The fourth-order valence-electron chi connectivity index (χ4n) is 1.64. The summed E-state index contributed by atoms with van der Waals surface area (Å²) in [5.74, 6) is -0.257. The molecule has 1 aromatic rings. The first-order chi connectivity index (χ1) is 8.39. The lowest BCUT2D eigenvalue weighted by Gasteiger charge is -2.11. The summed E-state index contributed by atoms with van der Waals surface area (Å²) in [6, 6.07) is 1.16. The van der Waals surface area contributed by atoms with E-state index >= 15 is 0 Å². The van der Waals surface area contributed by atoms with Gasteiger partial charge in [0.15, 0.2) is 0 Å². The Kier molecular flexibility index (Phi) is 3.02. The zero-order valence-corrected chi connectivity index (χ0v) is 10.4. The Labute approximate surface area is 104 Å². The molecule has 6 heteroatoms. The van der Waals surface area contributed by atoms with Crippen molar-refractivity contribution in [1.82, 2.24) is 10.6 Å². The van der Waals surface area contributed by atoms with Crippen LogP contribution in [-0.2, 0) is 6.54 Å². The van der Waals surface area contributed by atoms with Gasteiger partial charge in [0.2, 0.25) is 0 Å². The highest BCUT2D eigenvalue weighted by Gasteiger charge is 2.38. The molecule has 0 aliphatic heterocycles. The molecule has 0 radical (unpaired) electrons. The van der Waals surface area contributed by atoms with E-state index in [2.05, 4.69) is 10.6 Å². The van der Waals surface area contributed by atoms with Crippen LogP contribution >= 0.6 is 0 Å². The molecule has 1 saturated carbocycles. The van der Waals surface area contributed by atoms with Crippen LogP contribution in [0.3, 0.4) is 0 Å². The van der Waals surface area contributed by atoms with Gasteiger partial charge < -0.3 is 20.2 Å². The highest BCUT2D eigenvalue weighted by atomic mass is 16.4. The smallest absolute Gasteiger partial charge is 0.339 e. The third-order valence-electron chi connectivity index (χ3n) is 3.04. The molecule has 3 N–H and O–H groups in total. The molecule has 0 saturated heterocycles. The van der Waals surface area contributed by atoms with E-state index in [1.807, 2.05) is 6.92 Å². The van der Waals surface area contributed by atoms with Crippen LogP contribution in [0.2, 0.25) is 0 Å². The van der Waals surface area contributed by atoms with Gasteiger partial charge in [-0.15, -0.1) is 0 Å². The molecular weight excluding hydrogens is 236 g/mol. The number of aromatic carboxylic acids is 1. The number of carbonyl (C=O) groups excluding carboxylic acids is 1. The number of urea groups is 1. The number of hydrogen-bond donors (Lipinski definition) is 3. The lowest BCUT2D eigenvalue weighted by atomic mass is 10.2. The van der Waals surface area contributed by atoms with E-state index in [4.69, 9.17) is 9.52 Å². The highest BCUT2D eigenvalue weighted by Crippen LogP contribution is 2.33. The number of carboxylic acids is 1. The molecule has 0 spiro atoms. The second kappa shape index (κ2) is 4.36. The monoisotopic (exact) mass is 252 g/mol. The summed E-state index contributed by atoms with van der Waals surface area (Å²) in [5, 5.41) is 14.3. The standard InChI is InChI=1S/C12H16N2O4/c1-7-9(10(15)16)5-8(18-7)6-13-11(17)14-12(2)3-4-12/h5H,3-4,6H2,1-2H3,(H,15,16)(H2,13,14,17). The Morgan fingerprint density at radius 2 is 2.17 bits per heavy atom. The Balaban J connectivity index is 1.88. The summed E-state index contributed by atoms with van der Waals surface area (Å²) in [5.41, 5.74) is 0.0522. The van der Waals surface area contributed by atoms with E-state index in [9.17, 15) is 9.59 Å². The van der Waals surface area contributed by atoms with Crippen molar-refractivity contribution in [3.8, 4) is 0 Å². The second-order valence-electron chi connectivity index (χ2n) is 4.86. The average Bonchev–Trinajstić information content (AvgIpc) is 2.86. The van der Waals surface area contributed by atoms with E-state index in [0.717, 1.165) is 12.8 Å². The minimum absolute atomic E-state index is 0.0740. The summed E-state index contributed by atoms with van der Waals surface area (Å²) in [4.78, 5) is 22.3. The summed E-state index contributed by atoms with van der Waals surface area (Å²) in [6.07, 6.45) is 1.98. The van der Waals surface area contributed by atoms with Gasteiger partial charge in [-0.3, -0.25) is 0 Å². The Morgan fingerprint density at radius 1 is 1.50 bits per heavy atom. The first-order valence-electron chi connectivity index (χ1n) is 5.78. The number of aryl methyl sites for hydroxylation is 1. The largest absolute Gasteiger partial charge is 0.478 e. The van der Waals surface area contributed by atoms with Crippen molar-refractivity contribution in [2.75, 3.05) is 0 Å². The van der Waals surface area contributed by atoms with Crippen molar-refractivity contribution >= 4 is 12.0 Å². The van der Waals surface area contributed by atoms with Gasteiger partial charge in [-0.05, 0) is 32.8 Å². The van der Waals surface area contributed by atoms with Crippen molar-refractivity contribution in [2.24, 2.45) is 0 Å². The van der Waals surface area contributed by atoms with Crippen molar-refractivity contribution in [3.05, 3.63) is 23.2 Å². The molecule has 1 heterocycles. The zero-order valence-electron chi connectivity index (χ0n) is 10.4. The van der Waals surface area contributed by atoms with Crippen LogP contribution in [0.1, 0.15) is 41.6 Å². The topological polar surface area (TPSA) is 91.6 Å². The van der Waals surface area contributed by atoms with E-state index in [0.29, 0.717) is 11.5 Å². The van der Waals surface area contributed by atoms with Gasteiger partial charge in [-0.2, -0.15) is 0 Å². The number of nitrogens with one attached hydrogen (secondary N) is 2. The molecule has 2 rings (SSSR count). The van der Waals surface area contributed by atoms with Gasteiger partial charge >= 0.3 is 12.0 Å². The third kappa shape index (κ3) is 2.82. The first-order valence-corrected chi connectivity index (χ1v) is 5.78. The summed E-state index contributed by atoms with van der Waals surface area (Å²) in [7, 11) is 0. The third-order valence-corrected chi connectivity index (χ3v) is 3.04. The number of carboxylic acid groups (broad SMARTS) is 1. The number of rotatable bonds is 4. The SMILES string of the molecule is Cc1oc(CNC(=O)NC2(C)CC2)cc1C(=O)O. The Bertz CT molecular complexity index is 488. The fourth-order valence-corrected chi connectivity index (χ4v) is 1.64. The van der Waals surface area contributed by atoms with E-state index in [1.54, 1.807) is 6.92 Å². The molecule has 1 aliphatic carbocycles. The average molecular weight is 252 g/mol. The highest BCUT2D eigenvalue weighted by molar-refractivity contribution is 5.88. The molecule has 0 bridgehead atoms. The van der Waals surface area contributed by atoms with Crippen molar-refractivity contribution < 1.29 is 19.1 Å². The molecule has 98 valence electrons. The molecule has 1 aliphatic rings. The number of carbonyl (C=O) groups is 2. The maximum Gasteiger partial charge on any atom is 0.339 e. The summed E-state index contributed by atoms with van der Waals surface area (Å²) < 4.78 is 5.25. The van der Waals surface area contributed by atoms with Gasteiger partial charge in [-0.1, -0.05) is 0 Å². The van der Waals surface area contributed by atoms with Gasteiger partial charge in [-0.25, -0.2) is 9.59 Å². The second-order valence-corrected chi connectivity index (χ2v) is 4.86. The van der Waals surface area contributed by atoms with E-state index < -0.39 is 5.97 Å². The maximum absolute atomic E-state index is 11.5. The Hall–Kier alpha value is -1.98. The van der Waals surface area contributed by atoms with Crippen LogP contribution in [0.15, 0.2) is 10.5 Å². The molecule has 1 aromatic heterocycles. The van der Waals surface area contributed by atoms with Gasteiger partial charge in [0.1, 0.15) is 17.1 Å². The number of amides is 2. The molecular formula is C12H16N2O4. The van der Waals surface area contributed by atoms with Crippen molar-refractivity contribution in [3.63, 3.8) is 0 Å². The summed E-state index contributed by atoms with van der Waals surface area (Å²) in [6.45, 7) is 3.74. The normalized spacial score (nSPS) is 16.1. The number of furan rings is 1. The predicted molar refractivity (Wildman–Crippen MR) is 63.4 cm³/mol. The number of hydrogen-bond acceptors (Lipinski definition) is 3. The van der Waals surface area contributed by atoms with Crippen LogP contribution in [0, 0.1) is 6.92 Å². The molecule has 6 nitrogen and oxygen atoms in total. The molecule has 2 amide bonds. The Morgan fingerprint density at radius 3 is 2.67 bits per heavy atom. The predicted octanol–water partition coefficient (Wildman–Crippen LogP) is 1.64. The van der Waals surface area contributed by atoms with Crippen molar-refractivity contribution in [2.45, 2.75) is 38.8 Å². The fraction of sp³-hybridized carbons (Fsp3) is 0.500. The van der Waals surface area contributed by atoms with Crippen LogP contribution in [0.25, 0.3) is 0 Å². The van der Waals surface area contributed by atoms with Crippen LogP contribution in [-0.4, -0.2) is 22.6 Å². The van der Waals surface area contributed by atoms with Gasteiger partial charge in [0.05, 0.1) is 6.54 Å². The lowest BCUT2D eigenvalue weighted by molar-refractivity contribution is 0.0695. The van der Waals surface area contributed by atoms with E-state index in [1.165, 1.54) is 6.07 Å². The first kappa shape index (κ1) is 12.5. The zero-order chi connectivity index (χ0) is 13.3. The maximum atomic E-state index is 11.5. The van der Waals surface area contributed by atoms with E-state index in [-0.39, 0.29) is 23.7 Å². The molecule has 0 atom stereocenters. The van der Waals surface area contributed by atoms with Crippen LogP contribution in [0.5, 0.6) is 0 Å². The van der Waals surface area contributed by atoms with Gasteiger partial charge in [0, 0.05) is 5.54 Å². The van der Waals surface area contributed by atoms with Crippen LogP contribution < -0.4 is 10.6 Å². The van der Waals surface area contributed by atoms with Crippen molar-refractivity contribution in [1.29, 1.82) is 0 Å². The molecule has 1 fully saturated rings. The van der Waals surface area contributed by atoms with Crippen LogP contribution in [0.4, 0.5) is 4.79 Å². The molecule has 18 heavy (non-hydrogen) atoms.